The average molecular weight is 560 g/mol. The number of H-pyrrole nitrogens is 1. The summed E-state index contributed by atoms with van der Waals surface area (Å²) in [5.41, 5.74) is 3.96. The van der Waals surface area contributed by atoms with E-state index in [-0.39, 0.29) is 11.8 Å². The largest absolute Gasteiger partial charge is 0.480 e. The molecule has 2 N–H and O–H groups in total. The van der Waals surface area contributed by atoms with Gasteiger partial charge in [0.2, 0.25) is 5.43 Å². The highest BCUT2D eigenvalue weighted by molar-refractivity contribution is 7.13. The van der Waals surface area contributed by atoms with E-state index in [0.29, 0.717) is 33.7 Å². The first kappa shape index (κ1) is 27.1. The third-order valence-electron chi connectivity index (χ3n) is 6.76. The fourth-order valence-electron chi connectivity index (χ4n) is 4.60. The van der Waals surface area contributed by atoms with Crippen molar-refractivity contribution in [1.82, 2.24) is 15.3 Å². The van der Waals surface area contributed by atoms with Gasteiger partial charge in [0.25, 0.3) is 5.91 Å². The highest BCUT2D eigenvalue weighted by Gasteiger charge is 2.27. The first-order valence-corrected chi connectivity index (χ1v) is 13.8. The molecule has 5 rings (SSSR count). The normalized spacial score (nSPS) is 12.8. The maximum absolute atomic E-state index is 13.2. The van der Waals surface area contributed by atoms with Crippen LogP contribution in [0, 0.1) is 6.92 Å². The van der Waals surface area contributed by atoms with Crippen LogP contribution in [0.25, 0.3) is 32.4 Å². The lowest BCUT2D eigenvalue weighted by atomic mass is 10.0. The summed E-state index contributed by atoms with van der Waals surface area (Å²) in [6.07, 6.45) is 3.09. The Hall–Kier alpha value is -4.44. The third kappa shape index (κ3) is 5.35. The van der Waals surface area contributed by atoms with Crippen LogP contribution in [0.4, 0.5) is 0 Å². The Morgan fingerprint density at radius 1 is 1.18 bits per heavy atom. The summed E-state index contributed by atoms with van der Waals surface area (Å²) >= 11 is 1.38. The van der Waals surface area contributed by atoms with Gasteiger partial charge in [-0.15, -0.1) is 11.3 Å². The van der Waals surface area contributed by atoms with Gasteiger partial charge < -0.3 is 24.2 Å². The summed E-state index contributed by atoms with van der Waals surface area (Å²) in [6.45, 7) is 5.40. The van der Waals surface area contributed by atoms with Crippen LogP contribution in [0.2, 0.25) is 0 Å². The van der Waals surface area contributed by atoms with E-state index in [4.69, 9.17) is 13.9 Å². The zero-order valence-corrected chi connectivity index (χ0v) is 23.4. The Morgan fingerprint density at radius 3 is 2.70 bits per heavy atom. The van der Waals surface area contributed by atoms with Crippen molar-refractivity contribution in [2.24, 2.45) is 0 Å². The number of aryl methyl sites for hydroxylation is 2. The number of amides is 1. The minimum absolute atomic E-state index is 0.180. The van der Waals surface area contributed by atoms with Crippen molar-refractivity contribution >= 4 is 45.1 Å². The molecular formula is C30H29N3O6S. The number of carbonyl (C=O) groups is 2. The molecule has 206 valence electrons. The van der Waals surface area contributed by atoms with E-state index in [1.54, 1.807) is 19.1 Å². The third-order valence-corrected chi connectivity index (χ3v) is 7.75. The second-order valence-electron chi connectivity index (χ2n) is 9.49. The predicted octanol–water partition coefficient (Wildman–Crippen LogP) is 4.94. The van der Waals surface area contributed by atoms with Crippen LogP contribution in [-0.2, 0) is 27.2 Å². The molecule has 0 radical (unpaired) electrons. The van der Waals surface area contributed by atoms with Gasteiger partial charge in [0.05, 0.1) is 18.1 Å². The molecule has 40 heavy (non-hydrogen) atoms. The Labute approximate surface area is 234 Å². The van der Waals surface area contributed by atoms with Crippen LogP contribution in [0.15, 0.2) is 63.4 Å². The monoisotopic (exact) mass is 559 g/mol. The molecule has 0 aliphatic rings. The summed E-state index contributed by atoms with van der Waals surface area (Å²) < 4.78 is 16.8. The van der Waals surface area contributed by atoms with Gasteiger partial charge in [-0.25, -0.2) is 9.78 Å². The van der Waals surface area contributed by atoms with E-state index in [0.717, 1.165) is 27.7 Å². The van der Waals surface area contributed by atoms with Crippen LogP contribution in [0.5, 0.6) is 5.75 Å². The standard InChI is InChI=1S/C30H29N3O6S/c1-5-18-10-21-26(38-14-22(27(21)34)29-32-16(2)15-40-29)12-25(18)39-17(3)28(35)33-24(30(36)37-4)11-19-13-31-23-9-7-6-8-20(19)23/h6-10,12-15,17,24,31H,5,11H2,1-4H3,(H,33,35)/t17-,24-/m1/s1. The minimum atomic E-state index is -0.942. The number of hydrogen-bond acceptors (Lipinski definition) is 8. The highest BCUT2D eigenvalue weighted by atomic mass is 32.1. The number of ether oxygens (including phenoxy) is 2. The van der Waals surface area contributed by atoms with Gasteiger partial charge in [-0.1, -0.05) is 25.1 Å². The van der Waals surface area contributed by atoms with Gasteiger partial charge in [0, 0.05) is 40.7 Å². The molecule has 0 spiro atoms. The van der Waals surface area contributed by atoms with E-state index in [1.807, 2.05) is 49.7 Å². The number of fused-ring (bicyclic) bond motifs is 2. The van der Waals surface area contributed by atoms with Gasteiger partial charge in [0.15, 0.2) is 6.10 Å². The Bertz CT molecular complexity index is 1770. The molecule has 1 amide bonds. The number of hydrogen-bond donors (Lipinski definition) is 2. The second-order valence-corrected chi connectivity index (χ2v) is 10.3. The van der Waals surface area contributed by atoms with Crippen molar-refractivity contribution in [3.63, 3.8) is 0 Å². The molecule has 0 fully saturated rings. The molecule has 3 heterocycles. The fourth-order valence-corrected chi connectivity index (χ4v) is 5.40. The van der Waals surface area contributed by atoms with Crippen LogP contribution in [0.1, 0.15) is 30.7 Å². The zero-order chi connectivity index (χ0) is 28.4. The molecule has 0 saturated heterocycles. The fraction of sp³-hybridized carbons (Fsp3) is 0.267. The van der Waals surface area contributed by atoms with E-state index in [2.05, 4.69) is 15.3 Å². The van der Waals surface area contributed by atoms with Gasteiger partial charge in [-0.05, 0) is 43.5 Å². The van der Waals surface area contributed by atoms with Crippen LogP contribution in [0.3, 0.4) is 0 Å². The molecule has 2 atom stereocenters. The van der Waals surface area contributed by atoms with E-state index >= 15 is 0 Å². The van der Waals surface area contributed by atoms with Gasteiger partial charge >= 0.3 is 5.97 Å². The van der Waals surface area contributed by atoms with E-state index < -0.39 is 24.0 Å². The van der Waals surface area contributed by atoms with Crippen molar-refractivity contribution in [1.29, 1.82) is 0 Å². The van der Waals surface area contributed by atoms with Crippen LogP contribution in [-0.4, -0.2) is 41.1 Å². The van der Waals surface area contributed by atoms with Crippen LogP contribution < -0.4 is 15.5 Å². The van der Waals surface area contributed by atoms with Crippen molar-refractivity contribution in [3.05, 3.63) is 81.3 Å². The summed E-state index contributed by atoms with van der Waals surface area (Å²) in [5.74, 6) is -0.614. The molecule has 0 aliphatic heterocycles. The Balaban J connectivity index is 1.36. The highest BCUT2D eigenvalue weighted by Crippen LogP contribution is 2.29. The number of benzene rings is 2. The first-order chi connectivity index (χ1) is 19.3. The topological polar surface area (TPSA) is 124 Å². The van der Waals surface area contributed by atoms with E-state index in [9.17, 15) is 14.4 Å². The van der Waals surface area contributed by atoms with Crippen molar-refractivity contribution in [2.75, 3.05) is 7.11 Å². The molecule has 0 aliphatic carbocycles. The van der Waals surface area contributed by atoms with Gasteiger partial charge in [-0.2, -0.15) is 0 Å². The number of para-hydroxylation sites is 1. The molecule has 5 aromatic rings. The Kier molecular flexibility index (Phi) is 7.70. The maximum Gasteiger partial charge on any atom is 0.328 e. The number of carbonyl (C=O) groups excluding carboxylic acids is 2. The van der Waals surface area contributed by atoms with Crippen molar-refractivity contribution < 1.29 is 23.5 Å². The zero-order valence-electron chi connectivity index (χ0n) is 22.6. The summed E-state index contributed by atoms with van der Waals surface area (Å²) in [5, 5.41) is 6.63. The van der Waals surface area contributed by atoms with Crippen molar-refractivity contribution in [2.45, 2.75) is 45.8 Å². The quantitative estimate of drug-likeness (QED) is 0.245. The smallest absolute Gasteiger partial charge is 0.328 e. The molecule has 0 unspecified atom stereocenters. The predicted molar refractivity (Wildman–Crippen MR) is 154 cm³/mol. The molecular weight excluding hydrogens is 530 g/mol. The maximum atomic E-state index is 13.2. The molecule has 0 bridgehead atoms. The number of aromatic amines is 1. The lowest BCUT2D eigenvalue weighted by molar-refractivity contribution is -0.145. The number of esters is 1. The summed E-state index contributed by atoms with van der Waals surface area (Å²) in [4.78, 5) is 46.5. The second kappa shape index (κ2) is 11.4. The molecule has 10 heteroatoms. The Morgan fingerprint density at radius 2 is 1.98 bits per heavy atom. The minimum Gasteiger partial charge on any atom is -0.480 e. The lowest BCUT2D eigenvalue weighted by Gasteiger charge is -2.21. The first-order valence-electron chi connectivity index (χ1n) is 12.9. The number of thiazole rings is 1. The number of rotatable bonds is 9. The number of methoxy groups -OCH3 is 1. The SMILES string of the molecule is CCc1cc2c(=O)c(-c3nc(C)cs3)coc2cc1O[C@H](C)C(=O)N[C@H](Cc1c[nH]c2ccccc12)C(=O)OC. The molecule has 9 nitrogen and oxygen atoms in total. The van der Waals surface area contributed by atoms with Gasteiger partial charge in [-0.3, -0.25) is 9.59 Å². The molecule has 2 aromatic carbocycles. The summed E-state index contributed by atoms with van der Waals surface area (Å²) in [6, 6.07) is 10.2. The number of nitrogens with one attached hydrogen (secondary N) is 2. The summed E-state index contributed by atoms with van der Waals surface area (Å²) in [7, 11) is 1.29. The van der Waals surface area contributed by atoms with E-state index in [1.165, 1.54) is 24.7 Å². The molecule has 3 aromatic heterocycles. The molecule has 0 saturated carbocycles. The number of aromatic nitrogens is 2. The van der Waals surface area contributed by atoms with Gasteiger partial charge in [0.1, 0.15) is 28.6 Å². The number of nitrogens with zero attached hydrogens (tertiary/aromatic N) is 1. The van der Waals surface area contributed by atoms with Crippen LogP contribution >= 0.6 is 11.3 Å². The average Bonchev–Trinajstić information content (AvgIpc) is 3.58. The lowest BCUT2D eigenvalue weighted by Crippen LogP contribution is -2.47. The van der Waals surface area contributed by atoms with Crippen molar-refractivity contribution in [3.8, 4) is 16.3 Å².